The van der Waals surface area contributed by atoms with Crippen LogP contribution in [-0.2, 0) is 4.74 Å². The fourth-order valence-electron chi connectivity index (χ4n) is 2.00. The number of methoxy groups -OCH3 is 1. The first-order valence-corrected chi connectivity index (χ1v) is 5.91. The third-order valence-corrected chi connectivity index (χ3v) is 2.95. The molecular formula is C15H12N2O2. The number of fused-ring (bicyclic) bond motifs is 1. The van der Waals surface area contributed by atoms with E-state index >= 15 is 0 Å². The number of imidazole rings is 1. The molecule has 1 N–H and O–H groups in total. The van der Waals surface area contributed by atoms with Gasteiger partial charge in [-0.05, 0) is 24.3 Å². The Kier molecular flexibility index (Phi) is 2.76. The average Bonchev–Trinajstić information content (AvgIpc) is 2.90. The number of esters is 1. The van der Waals surface area contributed by atoms with Crippen LogP contribution in [0.2, 0.25) is 0 Å². The fourth-order valence-corrected chi connectivity index (χ4v) is 2.00. The average molecular weight is 252 g/mol. The Labute approximate surface area is 110 Å². The Hall–Kier alpha value is -2.62. The lowest BCUT2D eigenvalue weighted by atomic mass is 10.1. The molecule has 0 saturated heterocycles. The van der Waals surface area contributed by atoms with Crippen LogP contribution in [0, 0.1) is 0 Å². The summed E-state index contributed by atoms with van der Waals surface area (Å²) in [6, 6.07) is 15.0. The van der Waals surface area contributed by atoms with Crippen molar-refractivity contribution in [2.45, 2.75) is 0 Å². The van der Waals surface area contributed by atoms with Gasteiger partial charge in [-0.3, -0.25) is 0 Å². The molecule has 0 aliphatic carbocycles. The minimum atomic E-state index is -0.349. The number of aromatic nitrogens is 2. The van der Waals surface area contributed by atoms with Gasteiger partial charge in [0.1, 0.15) is 5.82 Å². The molecule has 3 aromatic rings. The molecule has 3 rings (SSSR count). The summed E-state index contributed by atoms with van der Waals surface area (Å²) in [6.45, 7) is 0. The van der Waals surface area contributed by atoms with Gasteiger partial charge in [0.15, 0.2) is 0 Å². The van der Waals surface area contributed by atoms with E-state index < -0.39 is 0 Å². The summed E-state index contributed by atoms with van der Waals surface area (Å²) >= 11 is 0. The van der Waals surface area contributed by atoms with E-state index in [1.807, 2.05) is 36.4 Å². The van der Waals surface area contributed by atoms with Gasteiger partial charge in [0, 0.05) is 5.56 Å². The molecule has 94 valence electrons. The zero-order valence-corrected chi connectivity index (χ0v) is 10.4. The minimum absolute atomic E-state index is 0.349. The van der Waals surface area contributed by atoms with Crippen molar-refractivity contribution >= 4 is 17.0 Å². The summed E-state index contributed by atoms with van der Waals surface area (Å²) in [5, 5.41) is 0. The maximum absolute atomic E-state index is 11.5. The fraction of sp³-hybridized carbons (Fsp3) is 0.0667. The van der Waals surface area contributed by atoms with Crippen LogP contribution in [0.15, 0.2) is 48.5 Å². The number of hydrogen-bond acceptors (Lipinski definition) is 3. The second-order valence-corrected chi connectivity index (χ2v) is 4.17. The quantitative estimate of drug-likeness (QED) is 0.713. The van der Waals surface area contributed by atoms with Gasteiger partial charge in [-0.15, -0.1) is 0 Å². The molecule has 1 aromatic heterocycles. The second kappa shape index (κ2) is 4.57. The first-order valence-electron chi connectivity index (χ1n) is 5.91. The number of ether oxygens (including phenoxy) is 1. The number of rotatable bonds is 2. The summed E-state index contributed by atoms with van der Waals surface area (Å²) < 4.78 is 4.72. The Morgan fingerprint density at radius 3 is 2.79 bits per heavy atom. The van der Waals surface area contributed by atoms with Crippen LogP contribution in [0.3, 0.4) is 0 Å². The third-order valence-electron chi connectivity index (χ3n) is 2.95. The Bertz CT molecular complexity index is 713. The van der Waals surface area contributed by atoms with Crippen molar-refractivity contribution in [2.75, 3.05) is 7.11 Å². The smallest absolute Gasteiger partial charge is 0.337 e. The summed E-state index contributed by atoms with van der Waals surface area (Å²) in [7, 11) is 1.37. The topological polar surface area (TPSA) is 55.0 Å². The lowest BCUT2D eigenvalue weighted by molar-refractivity contribution is 0.0601. The van der Waals surface area contributed by atoms with Crippen molar-refractivity contribution in [3.05, 3.63) is 54.1 Å². The van der Waals surface area contributed by atoms with E-state index in [4.69, 9.17) is 4.74 Å². The highest BCUT2D eigenvalue weighted by atomic mass is 16.5. The molecule has 0 unspecified atom stereocenters. The van der Waals surface area contributed by atoms with Crippen molar-refractivity contribution < 1.29 is 9.53 Å². The van der Waals surface area contributed by atoms with E-state index in [0.29, 0.717) is 5.56 Å². The Morgan fingerprint density at radius 2 is 2.00 bits per heavy atom. The SMILES string of the molecule is COC(=O)c1cccc(-c2nc3ccccc3[nH]2)c1. The number of hydrogen-bond donors (Lipinski definition) is 1. The molecule has 4 heteroatoms. The first kappa shape index (κ1) is 11.5. The Morgan fingerprint density at radius 1 is 1.16 bits per heavy atom. The molecule has 0 aliphatic heterocycles. The van der Waals surface area contributed by atoms with Crippen LogP contribution >= 0.6 is 0 Å². The van der Waals surface area contributed by atoms with Gasteiger partial charge in [0.2, 0.25) is 0 Å². The van der Waals surface area contributed by atoms with E-state index in [9.17, 15) is 4.79 Å². The number of benzene rings is 2. The van der Waals surface area contributed by atoms with E-state index in [1.165, 1.54) is 7.11 Å². The second-order valence-electron chi connectivity index (χ2n) is 4.17. The van der Waals surface area contributed by atoms with Gasteiger partial charge in [0.05, 0.1) is 23.7 Å². The number of carbonyl (C=O) groups is 1. The molecule has 0 saturated carbocycles. The predicted molar refractivity (Wildman–Crippen MR) is 72.9 cm³/mol. The first-order chi connectivity index (χ1) is 9.28. The molecule has 0 aliphatic rings. The normalized spacial score (nSPS) is 10.6. The van der Waals surface area contributed by atoms with Crippen LogP contribution in [0.4, 0.5) is 0 Å². The zero-order valence-electron chi connectivity index (χ0n) is 10.4. The number of nitrogens with zero attached hydrogens (tertiary/aromatic N) is 1. The van der Waals surface area contributed by atoms with E-state index in [1.54, 1.807) is 12.1 Å². The van der Waals surface area contributed by atoms with Crippen molar-refractivity contribution in [3.63, 3.8) is 0 Å². The van der Waals surface area contributed by atoms with Crippen LogP contribution in [0.25, 0.3) is 22.4 Å². The summed E-state index contributed by atoms with van der Waals surface area (Å²) in [6.07, 6.45) is 0. The highest BCUT2D eigenvalue weighted by Gasteiger charge is 2.09. The van der Waals surface area contributed by atoms with Gasteiger partial charge >= 0.3 is 5.97 Å². The molecule has 1 heterocycles. The van der Waals surface area contributed by atoms with Gasteiger partial charge < -0.3 is 9.72 Å². The highest BCUT2D eigenvalue weighted by molar-refractivity contribution is 5.91. The van der Waals surface area contributed by atoms with Crippen LogP contribution in [0.5, 0.6) is 0 Å². The lowest BCUT2D eigenvalue weighted by Crippen LogP contribution is -2.00. The van der Waals surface area contributed by atoms with Gasteiger partial charge in [-0.1, -0.05) is 24.3 Å². The number of aromatic amines is 1. The molecule has 0 fully saturated rings. The van der Waals surface area contributed by atoms with E-state index in [0.717, 1.165) is 22.4 Å². The number of nitrogens with one attached hydrogen (secondary N) is 1. The summed E-state index contributed by atoms with van der Waals surface area (Å²) in [5.74, 6) is 0.393. The maximum Gasteiger partial charge on any atom is 0.337 e. The monoisotopic (exact) mass is 252 g/mol. The van der Waals surface area contributed by atoms with Crippen molar-refractivity contribution in [1.29, 1.82) is 0 Å². The summed E-state index contributed by atoms with van der Waals surface area (Å²) in [5.41, 5.74) is 3.25. The van der Waals surface area contributed by atoms with Crippen molar-refractivity contribution in [2.24, 2.45) is 0 Å². The van der Waals surface area contributed by atoms with Crippen LogP contribution in [-0.4, -0.2) is 23.0 Å². The number of H-pyrrole nitrogens is 1. The molecule has 0 atom stereocenters. The molecule has 4 nitrogen and oxygen atoms in total. The summed E-state index contributed by atoms with van der Waals surface area (Å²) in [4.78, 5) is 19.3. The molecule has 2 aromatic carbocycles. The minimum Gasteiger partial charge on any atom is -0.465 e. The van der Waals surface area contributed by atoms with E-state index in [2.05, 4.69) is 9.97 Å². The Balaban J connectivity index is 2.08. The number of carbonyl (C=O) groups excluding carboxylic acids is 1. The van der Waals surface area contributed by atoms with Crippen molar-refractivity contribution in [3.8, 4) is 11.4 Å². The zero-order chi connectivity index (χ0) is 13.2. The molecule has 0 bridgehead atoms. The number of para-hydroxylation sites is 2. The van der Waals surface area contributed by atoms with E-state index in [-0.39, 0.29) is 5.97 Å². The molecule has 0 amide bonds. The van der Waals surface area contributed by atoms with Crippen LogP contribution in [0.1, 0.15) is 10.4 Å². The van der Waals surface area contributed by atoms with Gasteiger partial charge in [0.25, 0.3) is 0 Å². The van der Waals surface area contributed by atoms with Crippen molar-refractivity contribution in [1.82, 2.24) is 9.97 Å². The third kappa shape index (κ3) is 2.08. The van der Waals surface area contributed by atoms with Gasteiger partial charge in [-0.25, -0.2) is 9.78 Å². The highest BCUT2D eigenvalue weighted by Crippen LogP contribution is 2.21. The molecular weight excluding hydrogens is 240 g/mol. The lowest BCUT2D eigenvalue weighted by Gasteiger charge is -2.01. The van der Waals surface area contributed by atoms with Gasteiger partial charge in [-0.2, -0.15) is 0 Å². The standard InChI is InChI=1S/C15H12N2O2/c1-19-15(18)11-6-4-5-10(9-11)14-16-12-7-2-3-8-13(12)17-14/h2-9H,1H3,(H,16,17). The predicted octanol–water partition coefficient (Wildman–Crippen LogP) is 3.02. The largest absolute Gasteiger partial charge is 0.465 e. The van der Waals surface area contributed by atoms with Crippen LogP contribution < -0.4 is 0 Å². The molecule has 0 radical (unpaired) electrons. The maximum atomic E-state index is 11.5. The molecule has 0 spiro atoms. The molecule has 19 heavy (non-hydrogen) atoms.